The molecule has 1 heterocycles. The van der Waals surface area contributed by atoms with Gasteiger partial charge < -0.3 is 5.11 Å². The first kappa shape index (κ1) is 15.5. The fourth-order valence-corrected chi connectivity index (χ4v) is 2.83. The summed E-state index contributed by atoms with van der Waals surface area (Å²) in [7, 11) is 0. The van der Waals surface area contributed by atoms with Crippen LogP contribution >= 0.6 is 0 Å². The number of aliphatic hydroxyl groups excluding tert-OH is 1. The highest BCUT2D eigenvalue weighted by atomic mass is 16.3. The minimum atomic E-state index is 0.226. The predicted molar refractivity (Wildman–Crippen MR) is 81.5 cm³/mol. The van der Waals surface area contributed by atoms with Gasteiger partial charge in [-0.25, -0.2) is 0 Å². The summed E-state index contributed by atoms with van der Waals surface area (Å²) in [5.74, 6) is 0.840. The Bertz CT molecular complexity index is 387. The first-order valence-corrected chi connectivity index (χ1v) is 8.11. The quantitative estimate of drug-likeness (QED) is 0.755. The Morgan fingerprint density at radius 1 is 1.45 bits per heavy atom. The molecular weight excluding hydrogens is 250 g/mol. The van der Waals surface area contributed by atoms with E-state index in [0.717, 1.165) is 25.6 Å². The molecule has 114 valence electrons. The van der Waals surface area contributed by atoms with Crippen LogP contribution in [-0.4, -0.2) is 39.5 Å². The van der Waals surface area contributed by atoms with E-state index in [1.807, 2.05) is 6.20 Å². The molecule has 1 atom stereocenters. The minimum Gasteiger partial charge on any atom is -0.395 e. The monoisotopic (exact) mass is 279 g/mol. The van der Waals surface area contributed by atoms with Crippen LogP contribution < -0.4 is 0 Å². The average molecular weight is 279 g/mol. The summed E-state index contributed by atoms with van der Waals surface area (Å²) in [6.07, 6.45) is 10.7. The highest BCUT2D eigenvalue weighted by molar-refractivity contribution is 5.09. The zero-order valence-corrected chi connectivity index (χ0v) is 13.0. The summed E-state index contributed by atoms with van der Waals surface area (Å²) < 4.78 is 2.10. The molecule has 1 aliphatic carbocycles. The molecule has 0 bridgehead atoms. The Kier molecular flexibility index (Phi) is 6.05. The number of rotatable bonds is 9. The lowest BCUT2D eigenvalue weighted by molar-refractivity contribution is 0.156. The highest BCUT2D eigenvalue weighted by Gasteiger charge is 2.20. The van der Waals surface area contributed by atoms with Gasteiger partial charge in [-0.15, -0.1) is 0 Å². The van der Waals surface area contributed by atoms with Crippen molar-refractivity contribution in [2.45, 2.75) is 58.5 Å². The summed E-state index contributed by atoms with van der Waals surface area (Å²) >= 11 is 0. The van der Waals surface area contributed by atoms with E-state index in [-0.39, 0.29) is 6.61 Å². The Labute approximate surface area is 122 Å². The first-order valence-electron chi connectivity index (χ1n) is 8.11. The second-order valence-corrected chi connectivity index (χ2v) is 6.08. The van der Waals surface area contributed by atoms with Crippen molar-refractivity contribution >= 4 is 0 Å². The first-order chi connectivity index (χ1) is 9.74. The average Bonchev–Trinajstić information content (AvgIpc) is 2.87. The second kappa shape index (κ2) is 7.79. The predicted octanol–water partition coefficient (Wildman–Crippen LogP) is 2.84. The maximum Gasteiger partial charge on any atom is 0.0558 e. The van der Waals surface area contributed by atoms with Crippen molar-refractivity contribution in [1.29, 1.82) is 0 Å². The molecule has 4 heteroatoms. The lowest BCUT2D eigenvalue weighted by Gasteiger charge is -2.27. The van der Waals surface area contributed by atoms with Crippen LogP contribution in [0.1, 0.15) is 57.6 Å². The zero-order valence-electron chi connectivity index (χ0n) is 13.0. The SMILES string of the molecule is CCCCN(CCO)C(C)c1cnn(CC2CCC2)c1. The molecule has 1 fully saturated rings. The molecule has 0 aromatic carbocycles. The third-order valence-electron chi connectivity index (χ3n) is 4.54. The number of aliphatic hydroxyl groups is 1. The van der Waals surface area contributed by atoms with Crippen molar-refractivity contribution in [2.75, 3.05) is 19.7 Å². The molecule has 2 rings (SSSR count). The molecular formula is C16H29N3O. The van der Waals surface area contributed by atoms with Gasteiger partial charge in [-0.1, -0.05) is 19.8 Å². The fourth-order valence-electron chi connectivity index (χ4n) is 2.83. The molecule has 1 aromatic heterocycles. The number of nitrogens with zero attached hydrogens (tertiary/aromatic N) is 3. The molecule has 1 aliphatic rings. The van der Waals surface area contributed by atoms with Gasteiger partial charge in [0.2, 0.25) is 0 Å². The minimum absolute atomic E-state index is 0.226. The van der Waals surface area contributed by atoms with Crippen molar-refractivity contribution in [3.8, 4) is 0 Å². The number of aromatic nitrogens is 2. The van der Waals surface area contributed by atoms with E-state index < -0.39 is 0 Å². The smallest absolute Gasteiger partial charge is 0.0558 e. The molecule has 1 aromatic rings. The third-order valence-corrected chi connectivity index (χ3v) is 4.54. The lowest BCUT2D eigenvalue weighted by Crippen LogP contribution is -2.30. The van der Waals surface area contributed by atoms with E-state index in [1.165, 1.54) is 37.7 Å². The van der Waals surface area contributed by atoms with Crippen LogP contribution in [0.3, 0.4) is 0 Å². The van der Waals surface area contributed by atoms with Crippen LogP contribution in [0, 0.1) is 5.92 Å². The van der Waals surface area contributed by atoms with Crippen molar-refractivity contribution in [2.24, 2.45) is 5.92 Å². The summed E-state index contributed by atoms with van der Waals surface area (Å²) in [6, 6.07) is 0.337. The lowest BCUT2D eigenvalue weighted by atomic mass is 9.85. The van der Waals surface area contributed by atoms with Gasteiger partial charge in [0, 0.05) is 30.9 Å². The summed E-state index contributed by atoms with van der Waals surface area (Å²) in [6.45, 7) is 7.52. The second-order valence-electron chi connectivity index (χ2n) is 6.08. The van der Waals surface area contributed by atoms with Crippen molar-refractivity contribution < 1.29 is 5.11 Å². The van der Waals surface area contributed by atoms with Crippen LogP contribution in [0.15, 0.2) is 12.4 Å². The van der Waals surface area contributed by atoms with Gasteiger partial charge >= 0.3 is 0 Å². The number of hydrogen-bond donors (Lipinski definition) is 1. The van der Waals surface area contributed by atoms with Gasteiger partial charge in [0.25, 0.3) is 0 Å². The van der Waals surface area contributed by atoms with Crippen LogP contribution in [0.25, 0.3) is 0 Å². The van der Waals surface area contributed by atoms with Gasteiger partial charge in [-0.3, -0.25) is 9.58 Å². The highest BCUT2D eigenvalue weighted by Crippen LogP contribution is 2.28. The van der Waals surface area contributed by atoms with Crippen LogP contribution in [0.5, 0.6) is 0 Å². The number of hydrogen-bond acceptors (Lipinski definition) is 3. The van der Waals surface area contributed by atoms with Crippen LogP contribution in [0.4, 0.5) is 0 Å². The molecule has 20 heavy (non-hydrogen) atoms. The van der Waals surface area contributed by atoms with Crippen molar-refractivity contribution in [3.05, 3.63) is 18.0 Å². The molecule has 1 unspecified atom stereocenters. The zero-order chi connectivity index (χ0) is 14.4. The van der Waals surface area contributed by atoms with E-state index in [0.29, 0.717) is 6.04 Å². The van der Waals surface area contributed by atoms with Crippen LogP contribution in [0.2, 0.25) is 0 Å². The molecule has 0 amide bonds. The summed E-state index contributed by atoms with van der Waals surface area (Å²) in [5, 5.41) is 13.7. The Hall–Kier alpha value is -0.870. The molecule has 0 saturated heterocycles. The maximum absolute atomic E-state index is 9.23. The van der Waals surface area contributed by atoms with E-state index in [4.69, 9.17) is 0 Å². The topological polar surface area (TPSA) is 41.3 Å². The number of unbranched alkanes of at least 4 members (excludes halogenated alkanes) is 1. The van der Waals surface area contributed by atoms with Gasteiger partial charge in [0.15, 0.2) is 0 Å². The van der Waals surface area contributed by atoms with Gasteiger partial charge in [-0.2, -0.15) is 5.10 Å². The maximum atomic E-state index is 9.23. The summed E-state index contributed by atoms with van der Waals surface area (Å²) in [5.41, 5.74) is 1.27. The Balaban J connectivity index is 1.92. The molecule has 0 spiro atoms. The van der Waals surface area contributed by atoms with Crippen molar-refractivity contribution in [1.82, 2.24) is 14.7 Å². The molecule has 4 nitrogen and oxygen atoms in total. The Morgan fingerprint density at radius 3 is 2.85 bits per heavy atom. The van der Waals surface area contributed by atoms with Gasteiger partial charge in [0.1, 0.15) is 0 Å². The third kappa shape index (κ3) is 4.06. The normalized spacial score (nSPS) is 17.4. The largest absolute Gasteiger partial charge is 0.395 e. The molecule has 0 radical (unpaired) electrons. The fraction of sp³-hybridized carbons (Fsp3) is 0.812. The molecule has 1 saturated carbocycles. The van der Waals surface area contributed by atoms with Crippen LogP contribution in [-0.2, 0) is 6.54 Å². The standard InChI is InChI=1S/C16H29N3O/c1-3-4-8-18(9-10-20)14(2)16-11-17-19(13-16)12-15-6-5-7-15/h11,13-15,20H,3-10,12H2,1-2H3. The van der Waals surface area contributed by atoms with E-state index >= 15 is 0 Å². The van der Waals surface area contributed by atoms with Gasteiger partial charge in [-0.05, 0) is 38.6 Å². The van der Waals surface area contributed by atoms with Gasteiger partial charge in [0.05, 0.1) is 12.8 Å². The van der Waals surface area contributed by atoms with E-state index in [1.54, 1.807) is 0 Å². The van der Waals surface area contributed by atoms with E-state index in [9.17, 15) is 5.11 Å². The van der Waals surface area contributed by atoms with Crippen molar-refractivity contribution in [3.63, 3.8) is 0 Å². The molecule has 1 N–H and O–H groups in total. The summed E-state index contributed by atoms with van der Waals surface area (Å²) in [4.78, 5) is 2.36. The molecule has 0 aliphatic heterocycles. The Morgan fingerprint density at radius 2 is 2.25 bits per heavy atom. The van der Waals surface area contributed by atoms with E-state index in [2.05, 4.69) is 34.7 Å².